The largest absolute Gasteiger partial charge is 0.497 e. The fourth-order valence-corrected chi connectivity index (χ4v) is 3.49. The molecular weight excluding hydrogens is 376 g/mol. The first-order valence-corrected chi connectivity index (χ1v) is 9.61. The zero-order valence-electron chi connectivity index (χ0n) is 16.0. The molecule has 7 heteroatoms. The zero-order chi connectivity index (χ0) is 19.9. The number of rotatable bonds is 8. The van der Waals surface area contributed by atoms with Gasteiger partial charge in [0.2, 0.25) is 0 Å². The number of methoxy groups -OCH3 is 3. The van der Waals surface area contributed by atoms with Crippen LogP contribution in [0.5, 0.6) is 17.2 Å². The number of carbonyl (C=O) groups excluding carboxylic acids is 1. The number of thiazole rings is 1. The average molecular weight is 398 g/mol. The van der Waals surface area contributed by atoms with Gasteiger partial charge in [-0.15, -0.1) is 11.3 Å². The summed E-state index contributed by atoms with van der Waals surface area (Å²) in [6.45, 7) is 0.490. The Balaban J connectivity index is 1.58. The van der Waals surface area contributed by atoms with E-state index in [1.54, 1.807) is 50.9 Å². The fraction of sp³-hybridized carbons (Fsp3) is 0.238. The van der Waals surface area contributed by atoms with Gasteiger partial charge in [-0.1, -0.05) is 0 Å². The van der Waals surface area contributed by atoms with E-state index in [4.69, 9.17) is 14.2 Å². The summed E-state index contributed by atoms with van der Waals surface area (Å²) in [7, 11) is 4.75. The molecule has 0 spiro atoms. The summed E-state index contributed by atoms with van der Waals surface area (Å²) in [5.41, 5.74) is 2.48. The maximum absolute atomic E-state index is 12.4. The number of hydrogen-bond acceptors (Lipinski definition) is 6. The van der Waals surface area contributed by atoms with Crippen LogP contribution in [0.1, 0.15) is 16.1 Å². The van der Waals surface area contributed by atoms with Crippen LogP contribution in [0.25, 0.3) is 10.6 Å². The molecule has 28 heavy (non-hydrogen) atoms. The predicted octanol–water partition coefficient (Wildman–Crippen LogP) is 3.81. The van der Waals surface area contributed by atoms with Crippen LogP contribution < -0.4 is 19.5 Å². The van der Waals surface area contributed by atoms with Gasteiger partial charge in [-0.25, -0.2) is 4.98 Å². The van der Waals surface area contributed by atoms with Gasteiger partial charge in [0, 0.05) is 35.5 Å². The molecule has 0 unspecified atom stereocenters. The van der Waals surface area contributed by atoms with Gasteiger partial charge in [0.1, 0.15) is 22.3 Å². The van der Waals surface area contributed by atoms with Crippen LogP contribution >= 0.6 is 11.3 Å². The van der Waals surface area contributed by atoms with E-state index in [0.29, 0.717) is 30.0 Å². The Labute approximate surface area is 168 Å². The SMILES string of the molecule is COc1ccc(-c2nc(CCNC(=O)c3cc(OC)cc(OC)c3)cs2)cc1. The van der Waals surface area contributed by atoms with E-state index < -0.39 is 0 Å². The normalized spacial score (nSPS) is 10.4. The zero-order valence-corrected chi connectivity index (χ0v) is 16.8. The van der Waals surface area contributed by atoms with Crippen molar-refractivity contribution in [1.82, 2.24) is 10.3 Å². The molecule has 0 saturated heterocycles. The quantitative estimate of drug-likeness (QED) is 0.625. The lowest BCUT2D eigenvalue weighted by Crippen LogP contribution is -2.25. The highest BCUT2D eigenvalue weighted by molar-refractivity contribution is 7.13. The van der Waals surface area contributed by atoms with E-state index in [9.17, 15) is 4.79 Å². The van der Waals surface area contributed by atoms with Gasteiger partial charge in [0.05, 0.1) is 27.0 Å². The van der Waals surface area contributed by atoms with E-state index in [0.717, 1.165) is 22.0 Å². The molecule has 3 rings (SSSR count). The van der Waals surface area contributed by atoms with Gasteiger partial charge in [-0.05, 0) is 36.4 Å². The molecule has 146 valence electrons. The number of aromatic nitrogens is 1. The highest BCUT2D eigenvalue weighted by Gasteiger charge is 2.10. The van der Waals surface area contributed by atoms with Crippen molar-refractivity contribution in [3.8, 4) is 27.8 Å². The smallest absolute Gasteiger partial charge is 0.251 e. The first-order valence-electron chi connectivity index (χ1n) is 8.73. The highest BCUT2D eigenvalue weighted by atomic mass is 32.1. The summed E-state index contributed by atoms with van der Waals surface area (Å²) < 4.78 is 15.6. The molecule has 1 aromatic heterocycles. The van der Waals surface area contributed by atoms with Crippen LogP contribution in [0.15, 0.2) is 47.8 Å². The summed E-state index contributed by atoms with van der Waals surface area (Å²) in [4.78, 5) is 17.1. The van der Waals surface area contributed by atoms with E-state index in [1.165, 1.54) is 0 Å². The Morgan fingerprint density at radius 1 is 0.964 bits per heavy atom. The van der Waals surface area contributed by atoms with Crippen LogP contribution in [-0.2, 0) is 6.42 Å². The van der Waals surface area contributed by atoms with Gasteiger partial charge in [0.15, 0.2) is 0 Å². The maximum atomic E-state index is 12.4. The van der Waals surface area contributed by atoms with Crippen molar-refractivity contribution >= 4 is 17.2 Å². The Morgan fingerprint density at radius 3 is 2.21 bits per heavy atom. The van der Waals surface area contributed by atoms with Gasteiger partial charge in [0.25, 0.3) is 5.91 Å². The molecule has 0 aliphatic heterocycles. The number of ether oxygens (including phenoxy) is 3. The van der Waals surface area contributed by atoms with Gasteiger partial charge >= 0.3 is 0 Å². The summed E-state index contributed by atoms with van der Waals surface area (Å²) in [6, 6.07) is 12.9. The third-order valence-electron chi connectivity index (χ3n) is 4.17. The number of nitrogens with one attached hydrogen (secondary N) is 1. The minimum Gasteiger partial charge on any atom is -0.497 e. The molecule has 3 aromatic rings. The van der Waals surface area contributed by atoms with Crippen molar-refractivity contribution in [3.05, 3.63) is 59.1 Å². The Morgan fingerprint density at radius 2 is 1.61 bits per heavy atom. The molecule has 1 amide bonds. The van der Waals surface area contributed by atoms with Crippen molar-refractivity contribution in [2.24, 2.45) is 0 Å². The van der Waals surface area contributed by atoms with Crippen molar-refractivity contribution in [2.75, 3.05) is 27.9 Å². The van der Waals surface area contributed by atoms with Gasteiger partial charge < -0.3 is 19.5 Å². The number of carbonyl (C=O) groups is 1. The van der Waals surface area contributed by atoms with Crippen LogP contribution in [0.3, 0.4) is 0 Å². The minimum absolute atomic E-state index is 0.178. The number of amides is 1. The first-order chi connectivity index (χ1) is 13.6. The average Bonchev–Trinajstić information content (AvgIpc) is 3.22. The predicted molar refractivity (Wildman–Crippen MR) is 110 cm³/mol. The lowest BCUT2D eigenvalue weighted by atomic mass is 10.2. The topological polar surface area (TPSA) is 69.7 Å². The van der Waals surface area contributed by atoms with Crippen molar-refractivity contribution in [1.29, 1.82) is 0 Å². The molecule has 0 saturated carbocycles. The number of benzene rings is 2. The van der Waals surface area contributed by atoms with Crippen LogP contribution in [0.2, 0.25) is 0 Å². The second kappa shape index (κ2) is 9.23. The molecule has 0 radical (unpaired) electrons. The fourth-order valence-electron chi connectivity index (χ4n) is 2.63. The third kappa shape index (κ3) is 4.80. The molecule has 0 aliphatic rings. The molecule has 0 atom stereocenters. The van der Waals surface area contributed by atoms with E-state index in [-0.39, 0.29) is 5.91 Å². The monoisotopic (exact) mass is 398 g/mol. The number of nitrogens with zero attached hydrogens (tertiary/aromatic N) is 1. The summed E-state index contributed by atoms with van der Waals surface area (Å²) in [5, 5.41) is 5.87. The summed E-state index contributed by atoms with van der Waals surface area (Å²) >= 11 is 1.58. The molecule has 0 fully saturated rings. The summed E-state index contributed by atoms with van der Waals surface area (Å²) in [5.74, 6) is 1.79. The maximum Gasteiger partial charge on any atom is 0.251 e. The molecule has 0 bridgehead atoms. The molecule has 1 N–H and O–H groups in total. The second-order valence-corrected chi connectivity index (χ2v) is 6.84. The molecule has 1 heterocycles. The van der Waals surface area contributed by atoms with E-state index in [1.807, 2.05) is 29.6 Å². The lowest BCUT2D eigenvalue weighted by Gasteiger charge is -2.09. The van der Waals surface area contributed by atoms with Crippen LogP contribution in [0.4, 0.5) is 0 Å². The van der Waals surface area contributed by atoms with Crippen molar-refractivity contribution in [2.45, 2.75) is 6.42 Å². The van der Waals surface area contributed by atoms with Gasteiger partial charge in [-0.3, -0.25) is 4.79 Å². The standard InChI is InChI=1S/C21H22N2O4S/c1-25-17-6-4-14(5-7-17)21-23-16(13-28-21)8-9-22-20(24)15-10-18(26-2)12-19(11-15)27-3/h4-7,10-13H,8-9H2,1-3H3,(H,22,24). The van der Waals surface area contributed by atoms with Crippen LogP contribution in [-0.4, -0.2) is 38.8 Å². The molecule has 0 aliphatic carbocycles. The Kier molecular flexibility index (Phi) is 6.49. The first kappa shape index (κ1) is 19.7. The Hall–Kier alpha value is -3.06. The third-order valence-corrected chi connectivity index (χ3v) is 5.11. The summed E-state index contributed by atoms with van der Waals surface area (Å²) in [6.07, 6.45) is 0.652. The molecule has 6 nitrogen and oxygen atoms in total. The van der Waals surface area contributed by atoms with Crippen LogP contribution in [0, 0.1) is 0 Å². The van der Waals surface area contributed by atoms with Crippen molar-refractivity contribution < 1.29 is 19.0 Å². The van der Waals surface area contributed by atoms with Gasteiger partial charge in [-0.2, -0.15) is 0 Å². The van der Waals surface area contributed by atoms with E-state index >= 15 is 0 Å². The van der Waals surface area contributed by atoms with E-state index in [2.05, 4.69) is 10.3 Å². The minimum atomic E-state index is -0.178. The highest BCUT2D eigenvalue weighted by Crippen LogP contribution is 2.26. The Bertz CT molecular complexity index is 916. The molecular formula is C21H22N2O4S. The van der Waals surface area contributed by atoms with Crippen molar-refractivity contribution in [3.63, 3.8) is 0 Å². The molecule has 2 aromatic carbocycles. The number of hydrogen-bond donors (Lipinski definition) is 1. The second-order valence-electron chi connectivity index (χ2n) is 5.98. The lowest BCUT2D eigenvalue weighted by molar-refractivity contribution is 0.0953.